The van der Waals surface area contributed by atoms with Crippen molar-refractivity contribution in [3.05, 3.63) is 0 Å². The highest BCUT2D eigenvalue weighted by molar-refractivity contribution is 5.84. The van der Waals surface area contributed by atoms with Crippen LogP contribution in [0.4, 0.5) is 0 Å². The van der Waals surface area contributed by atoms with E-state index in [0.29, 0.717) is 13.1 Å². The van der Waals surface area contributed by atoms with E-state index in [9.17, 15) is 9.59 Å². The third kappa shape index (κ3) is 3.20. The lowest BCUT2D eigenvalue weighted by Crippen LogP contribution is -2.47. The molecule has 0 aliphatic carbocycles. The molecule has 1 rings (SSSR count). The largest absolute Gasteiger partial charge is 0.481 e. The molecule has 0 radical (unpaired) electrons. The van der Waals surface area contributed by atoms with E-state index in [1.54, 1.807) is 18.7 Å². The van der Waals surface area contributed by atoms with E-state index in [2.05, 4.69) is 0 Å². The molecule has 1 unspecified atom stereocenters. The first-order valence-corrected chi connectivity index (χ1v) is 5.59. The first kappa shape index (κ1) is 13.0. The number of amides is 1. The van der Waals surface area contributed by atoms with Crippen molar-refractivity contribution in [2.45, 2.75) is 39.2 Å². The minimum absolute atomic E-state index is 0.0330. The fourth-order valence-corrected chi connectivity index (χ4v) is 1.80. The van der Waals surface area contributed by atoms with Crippen molar-refractivity contribution in [3.63, 3.8) is 0 Å². The number of carbonyl (C=O) groups is 2. The number of piperidine rings is 1. The Labute approximate surface area is 95.6 Å². The molecule has 0 aromatic heterocycles. The van der Waals surface area contributed by atoms with Crippen LogP contribution >= 0.6 is 0 Å². The molecule has 0 spiro atoms. The minimum Gasteiger partial charge on any atom is -0.481 e. The van der Waals surface area contributed by atoms with E-state index in [0.717, 1.165) is 12.8 Å². The molecule has 0 aromatic carbocycles. The second-order valence-electron chi connectivity index (χ2n) is 5.11. The summed E-state index contributed by atoms with van der Waals surface area (Å²) in [4.78, 5) is 24.5. The summed E-state index contributed by atoms with van der Waals surface area (Å²) in [6.07, 6.45) is 1.88. The maximum atomic E-state index is 11.9. The lowest BCUT2D eigenvalue weighted by Gasteiger charge is -2.32. The normalized spacial score (nSPS) is 21.9. The number of carboxylic acids is 1. The van der Waals surface area contributed by atoms with Crippen molar-refractivity contribution in [3.8, 4) is 0 Å². The van der Waals surface area contributed by atoms with Crippen LogP contribution in [0, 0.1) is 5.41 Å². The topological polar surface area (TPSA) is 83.6 Å². The van der Waals surface area contributed by atoms with E-state index in [-0.39, 0.29) is 18.4 Å². The smallest absolute Gasteiger partial charge is 0.309 e. The molecule has 1 aliphatic heterocycles. The highest BCUT2D eigenvalue weighted by atomic mass is 16.4. The third-order valence-electron chi connectivity index (χ3n) is 2.98. The molecule has 5 nitrogen and oxygen atoms in total. The summed E-state index contributed by atoms with van der Waals surface area (Å²) < 4.78 is 0. The van der Waals surface area contributed by atoms with E-state index >= 15 is 0 Å². The van der Waals surface area contributed by atoms with Crippen LogP contribution in [0.2, 0.25) is 0 Å². The average Bonchev–Trinajstić information content (AvgIpc) is 2.16. The molecule has 1 aliphatic rings. The first-order valence-electron chi connectivity index (χ1n) is 5.59. The van der Waals surface area contributed by atoms with Crippen molar-refractivity contribution in [1.82, 2.24) is 4.90 Å². The summed E-state index contributed by atoms with van der Waals surface area (Å²) in [7, 11) is 0. The quantitative estimate of drug-likeness (QED) is 0.734. The second-order valence-corrected chi connectivity index (χ2v) is 5.11. The zero-order chi connectivity index (χ0) is 12.3. The van der Waals surface area contributed by atoms with E-state index < -0.39 is 11.4 Å². The molecule has 1 atom stereocenters. The minimum atomic E-state index is -1.00. The summed E-state index contributed by atoms with van der Waals surface area (Å²) in [6, 6.07) is 0.0330. The number of aliphatic carboxylic acids is 1. The molecule has 0 bridgehead atoms. The van der Waals surface area contributed by atoms with E-state index in [1.807, 2.05) is 0 Å². The Morgan fingerprint density at radius 1 is 1.50 bits per heavy atom. The molecular weight excluding hydrogens is 208 g/mol. The van der Waals surface area contributed by atoms with E-state index in [1.165, 1.54) is 0 Å². The van der Waals surface area contributed by atoms with Crippen LogP contribution in [-0.2, 0) is 9.59 Å². The number of likely N-dealkylation sites (tertiary alicyclic amines) is 1. The zero-order valence-electron chi connectivity index (χ0n) is 9.90. The highest BCUT2D eigenvalue weighted by Crippen LogP contribution is 2.22. The molecule has 3 N–H and O–H groups in total. The molecule has 1 amide bonds. The highest BCUT2D eigenvalue weighted by Gasteiger charge is 2.33. The van der Waals surface area contributed by atoms with Crippen LogP contribution in [0.25, 0.3) is 0 Å². The molecule has 5 heteroatoms. The van der Waals surface area contributed by atoms with Gasteiger partial charge in [0.1, 0.15) is 0 Å². The molecule has 0 saturated carbocycles. The van der Waals surface area contributed by atoms with Crippen LogP contribution in [-0.4, -0.2) is 41.0 Å². The lowest BCUT2D eigenvalue weighted by molar-refractivity contribution is -0.151. The SMILES string of the molecule is CC(C)(CC(=O)N1CCCC(N)C1)C(=O)O. The Morgan fingerprint density at radius 2 is 2.12 bits per heavy atom. The molecular formula is C11H20N2O3. The molecule has 16 heavy (non-hydrogen) atoms. The number of nitrogens with two attached hydrogens (primary N) is 1. The Bertz CT molecular complexity index is 289. The molecule has 92 valence electrons. The Morgan fingerprint density at radius 3 is 2.62 bits per heavy atom. The van der Waals surface area contributed by atoms with Gasteiger partial charge in [-0.05, 0) is 26.7 Å². The Kier molecular flexibility index (Phi) is 3.91. The van der Waals surface area contributed by atoms with Gasteiger partial charge in [-0.25, -0.2) is 0 Å². The van der Waals surface area contributed by atoms with Gasteiger partial charge in [0.05, 0.1) is 5.41 Å². The van der Waals surface area contributed by atoms with Gasteiger partial charge >= 0.3 is 5.97 Å². The predicted molar refractivity (Wildman–Crippen MR) is 59.8 cm³/mol. The number of carbonyl (C=O) groups excluding carboxylic acids is 1. The van der Waals surface area contributed by atoms with Crippen LogP contribution in [0.5, 0.6) is 0 Å². The van der Waals surface area contributed by atoms with Crippen LogP contribution in [0.3, 0.4) is 0 Å². The van der Waals surface area contributed by atoms with Gasteiger partial charge in [-0.2, -0.15) is 0 Å². The first-order chi connectivity index (χ1) is 7.33. The summed E-state index contributed by atoms with van der Waals surface area (Å²) in [5.74, 6) is -1.05. The van der Waals surface area contributed by atoms with Gasteiger partial charge in [-0.1, -0.05) is 0 Å². The summed E-state index contributed by atoms with van der Waals surface area (Å²) in [5.41, 5.74) is 4.77. The molecule has 1 fully saturated rings. The number of nitrogens with zero attached hydrogens (tertiary/aromatic N) is 1. The van der Waals surface area contributed by atoms with Gasteiger partial charge in [0.15, 0.2) is 0 Å². The summed E-state index contributed by atoms with van der Waals surface area (Å²) in [6.45, 7) is 4.38. The van der Waals surface area contributed by atoms with Crippen LogP contribution in [0.1, 0.15) is 33.1 Å². The fraction of sp³-hybridized carbons (Fsp3) is 0.818. The second kappa shape index (κ2) is 4.82. The third-order valence-corrected chi connectivity index (χ3v) is 2.98. The number of rotatable bonds is 3. The molecule has 1 saturated heterocycles. The number of hydrogen-bond donors (Lipinski definition) is 2. The standard InChI is InChI=1S/C11H20N2O3/c1-11(2,10(15)16)6-9(14)13-5-3-4-8(12)7-13/h8H,3-7,12H2,1-2H3,(H,15,16). The fourth-order valence-electron chi connectivity index (χ4n) is 1.80. The van der Waals surface area contributed by atoms with Gasteiger partial charge in [-0.15, -0.1) is 0 Å². The zero-order valence-corrected chi connectivity index (χ0v) is 9.90. The number of hydrogen-bond acceptors (Lipinski definition) is 3. The van der Waals surface area contributed by atoms with Crippen LogP contribution in [0.15, 0.2) is 0 Å². The maximum absolute atomic E-state index is 11.9. The lowest BCUT2D eigenvalue weighted by atomic mass is 9.88. The molecule has 1 heterocycles. The van der Waals surface area contributed by atoms with Crippen molar-refractivity contribution < 1.29 is 14.7 Å². The van der Waals surface area contributed by atoms with Crippen molar-refractivity contribution in [2.75, 3.05) is 13.1 Å². The summed E-state index contributed by atoms with van der Waals surface area (Å²) >= 11 is 0. The van der Waals surface area contributed by atoms with E-state index in [4.69, 9.17) is 10.8 Å². The van der Waals surface area contributed by atoms with Crippen molar-refractivity contribution in [1.29, 1.82) is 0 Å². The van der Waals surface area contributed by atoms with Gasteiger partial charge in [0.2, 0.25) is 5.91 Å². The molecule has 0 aromatic rings. The maximum Gasteiger partial charge on any atom is 0.309 e. The summed E-state index contributed by atoms with van der Waals surface area (Å²) in [5, 5.41) is 8.95. The monoisotopic (exact) mass is 228 g/mol. The van der Waals surface area contributed by atoms with Crippen molar-refractivity contribution >= 4 is 11.9 Å². The Balaban J connectivity index is 2.55. The van der Waals surface area contributed by atoms with Gasteiger partial charge in [-0.3, -0.25) is 9.59 Å². The van der Waals surface area contributed by atoms with Gasteiger partial charge in [0, 0.05) is 25.6 Å². The van der Waals surface area contributed by atoms with Gasteiger partial charge in [0.25, 0.3) is 0 Å². The van der Waals surface area contributed by atoms with Crippen molar-refractivity contribution in [2.24, 2.45) is 11.1 Å². The van der Waals surface area contributed by atoms with Crippen LogP contribution < -0.4 is 5.73 Å². The van der Waals surface area contributed by atoms with Gasteiger partial charge < -0.3 is 15.7 Å². The Hall–Kier alpha value is -1.10. The average molecular weight is 228 g/mol. The predicted octanol–water partition coefficient (Wildman–Crippen LogP) is 0.437. The number of carboxylic acid groups (broad SMARTS) is 1.